The molecule has 0 amide bonds. The van der Waals surface area contributed by atoms with Crippen molar-refractivity contribution in [2.24, 2.45) is 0 Å². The molecule has 0 spiro atoms. The fourth-order valence-corrected chi connectivity index (χ4v) is 15.3. The van der Waals surface area contributed by atoms with Gasteiger partial charge in [0.15, 0.2) is 23.3 Å². The van der Waals surface area contributed by atoms with Crippen LogP contribution in [-0.2, 0) is 101 Å². The standard InChI is InChI=1S/C26H17N4OS.2C25H22N3OS.C24H21N4OS.4Pt/c31-22-14-5-4-13-21(22)26-29-24(18-9-2-1-3-10-18)28-25(30-26)19-11-8-12-20(17-19)32-23-15-6-7-16-27-23;1-25(2,3)20-11-7-10-19(23(20)29)24-27-15-13-21(28-24)17-8-6-9-18(16-17)30-22-12-4-5-14-26-22;1-25(2,3)18-10-11-23(29)20(14-18)22-16-26-15-21(28-22)17-7-6-8-19(13-17)30-24-9-4-5-12-27-24;1-24(2,3)23-27-21(26-22(28-23)18-11-4-5-12-19(18)29)16-9-8-10-17(15-16)30-20-13-6-7-14-25-20;;;;/h1-16,31H;4-15,29H,1-3H3;4-12,14-16,29H,1-3H3;4-14,29H,1-3H3;;;;/q4*-1;;;;. The average molecular weight is 2450 g/mol. The molecule has 0 aliphatic rings. The van der Waals surface area contributed by atoms with Crippen LogP contribution < -0.4 is 0 Å². The van der Waals surface area contributed by atoms with Gasteiger partial charge in [0.25, 0.3) is 0 Å². The van der Waals surface area contributed by atoms with Crippen LogP contribution in [0, 0.1) is 24.3 Å². The molecule has 0 aliphatic carbocycles. The van der Waals surface area contributed by atoms with E-state index in [4.69, 9.17) is 19.9 Å². The summed E-state index contributed by atoms with van der Waals surface area (Å²) < 4.78 is 0. The molecule has 8 aromatic heterocycles. The monoisotopic (exact) mass is 2450 g/mol. The Kier molecular flexibility index (Phi) is 35.1. The van der Waals surface area contributed by atoms with Crippen molar-refractivity contribution in [3.63, 3.8) is 0 Å². The van der Waals surface area contributed by atoms with E-state index in [1.165, 1.54) is 23.5 Å². The Hall–Kier alpha value is -10.9. The van der Waals surface area contributed by atoms with Crippen LogP contribution in [0.3, 0.4) is 0 Å². The minimum Gasteiger partial charge on any atom is -0.507 e. The molecule has 126 heavy (non-hydrogen) atoms. The zero-order valence-electron chi connectivity index (χ0n) is 69.4. The van der Waals surface area contributed by atoms with Gasteiger partial charge in [-0.3, -0.25) is 34.9 Å². The molecule has 8 heterocycles. The van der Waals surface area contributed by atoms with Crippen molar-refractivity contribution in [1.82, 2.24) is 69.8 Å². The van der Waals surface area contributed by atoms with Crippen LogP contribution in [0.2, 0.25) is 0 Å². The van der Waals surface area contributed by atoms with Gasteiger partial charge in [-0.15, -0.1) is 119 Å². The summed E-state index contributed by atoms with van der Waals surface area (Å²) in [6.07, 6.45) is 12.2. The second-order valence-corrected chi connectivity index (χ2v) is 34.8. The number of hydrogen-bond donors (Lipinski definition) is 4. The molecule has 0 unspecified atom stereocenters. The molecule has 0 saturated heterocycles. The van der Waals surface area contributed by atoms with Gasteiger partial charge in [-0.25, -0.2) is 34.9 Å². The summed E-state index contributed by atoms with van der Waals surface area (Å²) in [4.78, 5) is 67.5. The van der Waals surface area contributed by atoms with E-state index in [0.717, 1.165) is 84.3 Å². The van der Waals surface area contributed by atoms with Gasteiger partial charge in [-0.1, -0.05) is 232 Å². The molecule has 0 atom stereocenters. The number of pyridine rings is 4. The van der Waals surface area contributed by atoms with E-state index in [-0.39, 0.29) is 124 Å². The Bertz CT molecular complexity index is 6330. The fourth-order valence-electron chi connectivity index (χ4n) is 12.1. The van der Waals surface area contributed by atoms with Crippen molar-refractivity contribution in [1.29, 1.82) is 0 Å². The van der Waals surface area contributed by atoms with E-state index in [2.05, 4.69) is 136 Å². The summed E-state index contributed by atoms with van der Waals surface area (Å²) in [6, 6.07) is 97.5. The number of phenolic OH excluding ortho intramolecular Hbond substituents is 4. The van der Waals surface area contributed by atoms with Crippen molar-refractivity contribution < 1.29 is 105 Å². The van der Waals surface area contributed by atoms with Gasteiger partial charge < -0.3 is 20.4 Å². The van der Waals surface area contributed by atoms with Gasteiger partial charge in [-0.2, -0.15) is 0 Å². The molecule has 0 aliphatic heterocycles. The Morgan fingerprint density at radius 2 is 0.667 bits per heavy atom. The minimum atomic E-state index is -0.281. The normalized spacial score (nSPS) is 10.9. The summed E-state index contributed by atoms with van der Waals surface area (Å²) >= 11 is 6.16. The van der Waals surface area contributed by atoms with E-state index >= 15 is 0 Å². The summed E-state index contributed by atoms with van der Waals surface area (Å²) in [6.45, 7) is 18.8. The number of rotatable bonds is 17. The first-order valence-electron chi connectivity index (χ1n) is 38.9. The maximum absolute atomic E-state index is 10.8. The van der Waals surface area contributed by atoms with Crippen LogP contribution in [0.1, 0.15) is 79.3 Å². The third-order valence-electron chi connectivity index (χ3n) is 18.3. The second-order valence-electron chi connectivity index (χ2n) is 30.5. The van der Waals surface area contributed by atoms with Crippen LogP contribution in [0.15, 0.2) is 350 Å². The fraction of sp³-hybridized carbons (Fsp3) is 0.120. The molecule has 644 valence electrons. The summed E-state index contributed by atoms with van der Waals surface area (Å²) in [7, 11) is 0. The van der Waals surface area contributed by atoms with Gasteiger partial charge in [0.1, 0.15) is 28.8 Å². The molecule has 0 fully saturated rings. The summed E-state index contributed by atoms with van der Waals surface area (Å²) in [5.41, 5.74) is 10.1. The molecule has 17 aromatic rings. The zero-order valence-corrected chi connectivity index (χ0v) is 81.7. The first kappa shape index (κ1) is 97.3. The van der Waals surface area contributed by atoms with Crippen LogP contribution in [0.4, 0.5) is 0 Å². The van der Waals surface area contributed by atoms with E-state index in [1.807, 2.05) is 224 Å². The van der Waals surface area contributed by atoms with Gasteiger partial charge in [-0.05, 0) is 119 Å². The third-order valence-corrected chi connectivity index (χ3v) is 21.9. The van der Waals surface area contributed by atoms with E-state index in [0.29, 0.717) is 74.4 Å². The van der Waals surface area contributed by atoms with Gasteiger partial charge in [0, 0.05) is 144 Å². The smallest absolute Gasteiger partial charge is 0.158 e. The first-order valence-corrected chi connectivity index (χ1v) is 42.2. The van der Waals surface area contributed by atoms with Crippen molar-refractivity contribution in [2.75, 3.05) is 0 Å². The quantitative estimate of drug-likeness (QED) is 0.0617. The Balaban J connectivity index is 0.000000174. The third kappa shape index (κ3) is 26.4. The molecule has 0 saturated carbocycles. The number of phenols is 4. The predicted octanol–water partition coefficient (Wildman–Crippen LogP) is 23.8. The molecular formula is C100H82N14O4Pt4S4-4. The van der Waals surface area contributed by atoms with Crippen LogP contribution in [0.5, 0.6) is 23.0 Å². The second kappa shape index (κ2) is 45.5. The SMILES string of the molecule is CC(C)(C)c1ccc(O)c(-c2cncc(-c3[c-]c(Sc4ccccn4)ccc3)n2)c1.CC(C)(C)c1cccc(-c2nccc(-c3[c-]c(Sc4ccccn4)ccc3)n2)c1O.CC(C)(C)c1nc(-c2[c-]c(Sc3ccccn3)ccc2)nc(-c2ccccc2O)n1.Oc1ccccc1-c1nc(-c2[c-]c(Sc3ccccn3)ccc2)nc(-c2ccccc2)n1.[Pt].[Pt].[Pt].[Pt]. The van der Waals surface area contributed by atoms with Crippen molar-refractivity contribution in [3.8, 4) is 125 Å². The Labute approximate surface area is 808 Å². The molecule has 26 heteroatoms. The Morgan fingerprint density at radius 3 is 1.13 bits per heavy atom. The summed E-state index contributed by atoms with van der Waals surface area (Å²) in [5, 5.41) is 45.6. The largest absolute Gasteiger partial charge is 0.507 e. The van der Waals surface area contributed by atoms with E-state index in [1.54, 1.807) is 109 Å². The number of aromatic nitrogens is 14. The number of benzene rings is 9. The average Bonchev–Trinajstić information content (AvgIpc) is 0.806. The van der Waals surface area contributed by atoms with Crippen LogP contribution in [-0.4, -0.2) is 90.2 Å². The predicted molar refractivity (Wildman–Crippen MR) is 484 cm³/mol. The number of hydrogen-bond acceptors (Lipinski definition) is 22. The molecule has 4 N–H and O–H groups in total. The molecule has 0 bridgehead atoms. The molecule has 18 nitrogen and oxygen atoms in total. The van der Waals surface area contributed by atoms with Gasteiger partial charge in [0.2, 0.25) is 0 Å². The maximum atomic E-state index is 10.8. The van der Waals surface area contributed by atoms with Crippen molar-refractivity contribution >= 4 is 47.0 Å². The summed E-state index contributed by atoms with van der Waals surface area (Å²) in [5.74, 6) is 4.22. The van der Waals surface area contributed by atoms with Crippen LogP contribution in [0.25, 0.3) is 102 Å². The number of aromatic hydroxyl groups is 4. The van der Waals surface area contributed by atoms with Crippen molar-refractivity contribution in [3.05, 3.63) is 352 Å². The molecule has 17 rings (SSSR count). The molecular weight excluding hydrogens is 2370 g/mol. The van der Waals surface area contributed by atoms with Gasteiger partial charge >= 0.3 is 0 Å². The Morgan fingerprint density at radius 1 is 0.270 bits per heavy atom. The van der Waals surface area contributed by atoms with E-state index < -0.39 is 0 Å². The topological polar surface area (TPSA) is 261 Å². The maximum Gasteiger partial charge on any atom is 0.158 e. The zero-order chi connectivity index (χ0) is 85.2. The first-order chi connectivity index (χ1) is 59.0. The minimum absolute atomic E-state index is 0. The number of para-hydroxylation sites is 3. The van der Waals surface area contributed by atoms with Gasteiger partial charge in [0.05, 0.1) is 60.3 Å². The molecule has 0 radical (unpaired) electrons. The van der Waals surface area contributed by atoms with Crippen LogP contribution >= 0.6 is 47.0 Å². The van der Waals surface area contributed by atoms with E-state index in [9.17, 15) is 20.4 Å². The molecule has 9 aromatic carbocycles. The van der Waals surface area contributed by atoms with Crippen molar-refractivity contribution in [2.45, 2.75) is 118 Å². The number of nitrogens with zero attached hydrogens (tertiary/aromatic N) is 14.